The van der Waals surface area contributed by atoms with Gasteiger partial charge < -0.3 is 5.11 Å². The number of hydrogen-bond donors (Lipinski definition) is 1. The van der Waals surface area contributed by atoms with Crippen molar-refractivity contribution in [3.05, 3.63) is 70.5 Å². The van der Waals surface area contributed by atoms with Crippen LogP contribution in [0.25, 0.3) is 0 Å². The Balaban J connectivity index is 2.45. The number of aliphatic hydroxyl groups is 1. The lowest BCUT2D eigenvalue weighted by molar-refractivity contribution is 0.102. The number of hydrogen-bond acceptors (Lipinski definition) is 2. The van der Waals surface area contributed by atoms with Gasteiger partial charge in [-0.25, -0.2) is 4.39 Å². The Hall–Kier alpha value is -2.18. The number of nitrogens with zero attached hydrogens (tertiary/aromatic N) is 1. The van der Waals surface area contributed by atoms with Crippen LogP contribution in [-0.2, 0) is 5.60 Å². The van der Waals surface area contributed by atoms with Crippen molar-refractivity contribution in [3.8, 4) is 6.07 Å². The van der Waals surface area contributed by atoms with Gasteiger partial charge in [0.05, 0.1) is 11.6 Å². The predicted molar refractivity (Wildman–Crippen MR) is 71.0 cm³/mol. The van der Waals surface area contributed by atoms with Crippen LogP contribution in [0, 0.1) is 24.1 Å². The molecule has 0 radical (unpaired) electrons. The second kappa shape index (κ2) is 4.83. The predicted octanol–water partition coefficient (Wildman–Crippen LogP) is 3.26. The normalized spacial score (nSPS) is 13.6. The van der Waals surface area contributed by atoms with Crippen molar-refractivity contribution in [2.24, 2.45) is 0 Å². The molecule has 0 heterocycles. The lowest BCUT2D eigenvalue weighted by atomic mass is 9.87. The van der Waals surface area contributed by atoms with E-state index in [9.17, 15) is 9.50 Å². The van der Waals surface area contributed by atoms with Gasteiger partial charge in [-0.05, 0) is 54.8 Å². The number of aryl methyl sites for hydroxylation is 1. The zero-order chi connectivity index (χ0) is 14.0. The van der Waals surface area contributed by atoms with E-state index in [-0.39, 0.29) is 5.82 Å². The quantitative estimate of drug-likeness (QED) is 0.895. The van der Waals surface area contributed by atoms with Crippen LogP contribution in [0.4, 0.5) is 4.39 Å². The lowest BCUT2D eigenvalue weighted by Gasteiger charge is -2.25. The van der Waals surface area contributed by atoms with E-state index in [2.05, 4.69) is 0 Å². The maximum absolute atomic E-state index is 13.3. The van der Waals surface area contributed by atoms with Gasteiger partial charge >= 0.3 is 0 Å². The van der Waals surface area contributed by atoms with Crippen LogP contribution < -0.4 is 0 Å². The lowest BCUT2D eigenvalue weighted by Crippen LogP contribution is -2.23. The molecule has 2 nitrogen and oxygen atoms in total. The topological polar surface area (TPSA) is 44.0 Å². The number of nitriles is 1. The van der Waals surface area contributed by atoms with Crippen LogP contribution in [0.2, 0.25) is 0 Å². The summed E-state index contributed by atoms with van der Waals surface area (Å²) < 4.78 is 13.3. The molecular weight excluding hydrogens is 241 g/mol. The van der Waals surface area contributed by atoms with E-state index < -0.39 is 5.60 Å². The van der Waals surface area contributed by atoms with Gasteiger partial charge in [-0.15, -0.1) is 0 Å². The minimum atomic E-state index is -1.22. The molecule has 2 rings (SSSR count). The number of rotatable bonds is 2. The first-order chi connectivity index (χ1) is 8.95. The Bertz CT molecular complexity index is 639. The number of halogens is 1. The van der Waals surface area contributed by atoms with Crippen molar-refractivity contribution in [2.45, 2.75) is 19.4 Å². The van der Waals surface area contributed by atoms with E-state index in [1.54, 1.807) is 50.2 Å². The van der Waals surface area contributed by atoms with E-state index in [4.69, 9.17) is 5.26 Å². The highest BCUT2D eigenvalue weighted by Gasteiger charge is 2.26. The third-order valence-corrected chi connectivity index (χ3v) is 3.30. The first-order valence-electron chi connectivity index (χ1n) is 5.95. The van der Waals surface area contributed by atoms with Gasteiger partial charge in [-0.1, -0.05) is 18.2 Å². The van der Waals surface area contributed by atoms with Crippen LogP contribution in [0.5, 0.6) is 0 Å². The van der Waals surface area contributed by atoms with E-state index in [0.29, 0.717) is 22.3 Å². The van der Waals surface area contributed by atoms with Gasteiger partial charge in [0.2, 0.25) is 0 Å². The largest absolute Gasteiger partial charge is 0.381 e. The molecule has 0 amide bonds. The van der Waals surface area contributed by atoms with Gasteiger partial charge in [-0.2, -0.15) is 5.26 Å². The van der Waals surface area contributed by atoms with Crippen LogP contribution in [0.3, 0.4) is 0 Å². The molecule has 0 aliphatic heterocycles. The van der Waals surface area contributed by atoms with Crippen molar-refractivity contribution < 1.29 is 9.50 Å². The highest BCUT2D eigenvalue weighted by Crippen LogP contribution is 2.30. The molecular formula is C16H14FNO. The van der Waals surface area contributed by atoms with Crippen LogP contribution in [0.1, 0.15) is 29.2 Å². The zero-order valence-electron chi connectivity index (χ0n) is 10.8. The first-order valence-corrected chi connectivity index (χ1v) is 5.95. The summed E-state index contributed by atoms with van der Waals surface area (Å²) in [5.74, 6) is -0.292. The fraction of sp³-hybridized carbons (Fsp3) is 0.188. The van der Waals surface area contributed by atoms with Gasteiger partial charge in [0, 0.05) is 0 Å². The molecule has 1 atom stereocenters. The molecule has 2 aromatic carbocycles. The summed E-state index contributed by atoms with van der Waals surface area (Å²) >= 11 is 0. The van der Waals surface area contributed by atoms with Gasteiger partial charge in [-0.3, -0.25) is 0 Å². The summed E-state index contributed by atoms with van der Waals surface area (Å²) in [5.41, 5.74) is 1.10. The average molecular weight is 255 g/mol. The summed E-state index contributed by atoms with van der Waals surface area (Å²) in [6.45, 7) is 3.31. The molecule has 1 N–H and O–H groups in total. The monoisotopic (exact) mass is 255 g/mol. The van der Waals surface area contributed by atoms with Crippen LogP contribution >= 0.6 is 0 Å². The molecule has 96 valence electrons. The third kappa shape index (κ3) is 2.49. The molecule has 0 fully saturated rings. The molecule has 3 heteroatoms. The fourth-order valence-corrected chi connectivity index (χ4v) is 1.98. The molecule has 0 saturated carbocycles. The smallest absolute Gasteiger partial charge is 0.126 e. The molecule has 1 unspecified atom stereocenters. The standard InChI is InChI=1S/C16H14FNO/c1-11-9-14(7-8-15(11)17)16(2,19)13-5-3-12(10-18)4-6-13/h3-9,19H,1-2H3. The van der Waals surface area contributed by atoms with Crippen molar-refractivity contribution in [1.82, 2.24) is 0 Å². The SMILES string of the molecule is Cc1cc(C(C)(O)c2ccc(C#N)cc2)ccc1F. The van der Waals surface area contributed by atoms with Crippen LogP contribution in [0.15, 0.2) is 42.5 Å². The van der Waals surface area contributed by atoms with Crippen molar-refractivity contribution in [1.29, 1.82) is 5.26 Å². The highest BCUT2D eigenvalue weighted by atomic mass is 19.1. The molecule has 0 spiro atoms. The Labute approximate surface area is 111 Å². The number of benzene rings is 2. The summed E-state index contributed by atoms with van der Waals surface area (Å²) in [6, 6.07) is 13.3. The second-order valence-electron chi connectivity index (χ2n) is 4.73. The molecule has 0 aromatic heterocycles. The third-order valence-electron chi connectivity index (χ3n) is 3.30. The molecule has 0 aliphatic rings. The Kier molecular flexibility index (Phi) is 3.37. The van der Waals surface area contributed by atoms with E-state index in [0.717, 1.165) is 0 Å². The van der Waals surface area contributed by atoms with Gasteiger partial charge in [0.25, 0.3) is 0 Å². The Morgan fingerprint density at radius 1 is 1.11 bits per heavy atom. The molecule has 0 bridgehead atoms. The molecule has 0 aliphatic carbocycles. The summed E-state index contributed by atoms with van der Waals surface area (Å²) in [4.78, 5) is 0. The minimum absolute atomic E-state index is 0.292. The zero-order valence-corrected chi connectivity index (χ0v) is 10.8. The van der Waals surface area contributed by atoms with E-state index in [1.807, 2.05) is 6.07 Å². The summed E-state index contributed by atoms with van der Waals surface area (Å²) in [7, 11) is 0. The van der Waals surface area contributed by atoms with Crippen molar-refractivity contribution >= 4 is 0 Å². The van der Waals surface area contributed by atoms with Gasteiger partial charge in [0.1, 0.15) is 11.4 Å². The second-order valence-corrected chi connectivity index (χ2v) is 4.73. The Morgan fingerprint density at radius 2 is 1.68 bits per heavy atom. The molecule has 2 aromatic rings. The molecule has 19 heavy (non-hydrogen) atoms. The fourth-order valence-electron chi connectivity index (χ4n) is 1.98. The highest BCUT2D eigenvalue weighted by molar-refractivity contribution is 5.40. The summed E-state index contributed by atoms with van der Waals surface area (Å²) in [6.07, 6.45) is 0. The first kappa shape index (κ1) is 13.3. The molecule has 0 saturated heterocycles. The van der Waals surface area contributed by atoms with Crippen molar-refractivity contribution in [2.75, 3.05) is 0 Å². The van der Waals surface area contributed by atoms with E-state index in [1.165, 1.54) is 6.07 Å². The maximum Gasteiger partial charge on any atom is 0.126 e. The van der Waals surface area contributed by atoms with Crippen molar-refractivity contribution in [3.63, 3.8) is 0 Å². The summed E-state index contributed by atoms with van der Waals surface area (Å²) in [5, 5.41) is 19.4. The Morgan fingerprint density at radius 3 is 2.21 bits per heavy atom. The average Bonchev–Trinajstić information content (AvgIpc) is 2.41. The van der Waals surface area contributed by atoms with Crippen LogP contribution in [-0.4, -0.2) is 5.11 Å². The minimum Gasteiger partial charge on any atom is -0.381 e. The van der Waals surface area contributed by atoms with Gasteiger partial charge in [0.15, 0.2) is 0 Å². The van der Waals surface area contributed by atoms with E-state index >= 15 is 0 Å². The maximum atomic E-state index is 13.3.